The van der Waals surface area contributed by atoms with Crippen molar-refractivity contribution in [3.05, 3.63) is 34.6 Å². The van der Waals surface area contributed by atoms with E-state index in [9.17, 15) is 9.65 Å². The minimum Gasteiger partial charge on any atom is -0.287 e. The Hall–Kier alpha value is -1.11. The molecule has 0 radical (unpaired) electrons. The SMILES string of the molecule is CCCCN(C)C(C#N)c1c(F)cccc1Cl. The van der Waals surface area contributed by atoms with E-state index >= 15 is 0 Å². The zero-order valence-electron chi connectivity index (χ0n) is 10.1. The molecule has 0 aliphatic carbocycles. The summed E-state index contributed by atoms with van der Waals surface area (Å²) in [4.78, 5) is 1.83. The zero-order chi connectivity index (χ0) is 12.8. The van der Waals surface area contributed by atoms with Crippen molar-refractivity contribution >= 4 is 11.6 Å². The molecule has 1 atom stereocenters. The van der Waals surface area contributed by atoms with Crippen LogP contribution in [0.2, 0.25) is 5.02 Å². The van der Waals surface area contributed by atoms with Crippen LogP contribution in [0.1, 0.15) is 31.4 Å². The molecular weight excluding hydrogens is 239 g/mol. The number of hydrogen-bond donors (Lipinski definition) is 0. The van der Waals surface area contributed by atoms with Crippen molar-refractivity contribution in [1.82, 2.24) is 4.90 Å². The average Bonchev–Trinajstić information content (AvgIpc) is 2.31. The van der Waals surface area contributed by atoms with Crippen molar-refractivity contribution in [2.75, 3.05) is 13.6 Å². The molecule has 0 spiro atoms. The third-order valence-corrected chi connectivity index (χ3v) is 3.03. The van der Waals surface area contributed by atoms with E-state index in [2.05, 4.69) is 13.0 Å². The highest BCUT2D eigenvalue weighted by Gasteiger charge is 2.22. The van der Waals surface area contributed by atoms with Gasteiger partial charge >= 0.3 is 0 Å². The van der Waals surface area contributed by atoms with Crippen LogP contribution in [0.5, 0.6) is 0 Å². The van der Waals surface area contributed by atoms with Gasteiger partial charge in [-0.25, -0.2) is 4.39 Å². The van der Waals surface area contributed by atoms with Crippen LogP contribution in [0.4, 0.5) is 4.39 Å². The summed E-state index contributed by atoms with van der Waals surface area (Å²) in [7, 11) is 1.81. The van der Waals surface area contributed by atoms with Gasteiger partial charge in [-0.2, -0.15) is 5.26 Å². The summed E-state index contributed by atoms with van der Waals surface area (Å²) in [5.41, 5.74) is 0.273. The Balaban J connectivity index is 2.98. The molecule has 17 heavy (non-hydrogen) atoms. The smallest absolute Gasteiger partial charge is 0.130 e. The Kier molecular flexibility index (Phi) is 5.40. The van der Waals surface area contributed by atoms with Gasteiger partial charge in [0.15, 0.2) is 0 Å². The van der Waals surface area contributed by atoms with E-state index in [1.54, 1.807) is 12.1 Å². The lowest BCUT2D eigenvalue weighted by atomic mass is 10.1. The Morgan fingerprint density at radius 1 is 1.53 bits per heavy atom. The standard InChI is InChI=1S/C13H16ClFN2/c1-3-4-8-17(2)12(9-16)13-10(14)6-5-7-11(13)15/h5-7,12H,3-4,8H2,1-2H3. The monoisotopic (exact) mass is 254 g/mol. The van der Waals surface area contributed by atoms with Crippen molar-refractivity contribution < 1.29 is 4.39 Å². The first-order valence-corrected chi connectivity index (χ1v) is 6.03. The molecule has 1 rings (SSSR count). The van der Waals surface area contributed by atoms with Gasteiger partial charge in [-0.3, -0.25) is 4.90 Å². The van der Waals surface area contributed by atoms with Gasteiger partial charge in [-0.05, 0) is 32.1 Å². The van der Waals surface area contributed by atoms with Crippen LogP contribution in [-0.2, 0) is 0 Å². The second kappa shape index (κ2) is 6.58. The summed E-state index contributed by atoms with van der Waals surface area (Å²) in [6, 6.07) is 5.97. The van der Waals surface area contributed by atoms with Crippen LogP contribution in [0, 0.1) is 17.1 Å². The first-order chi connectivity index (χ1) is 8.11. The molecule has 0 aliphatic rings. The molecule has 0 N–H and O–H groups in total. The van der Waals surface area contributed by atoms with Crippen molar-refractivity contribution in [3.63, 3.8) is 0 Å². The molecule has 0 aromatic heterocycles. The third-order valence-electron chi connectivity index (χ3n) is 2.70. The zero-order valence-corrected chi connectivity index (χ0v) is 10.8. The van der Waals surface area contributed by atoms with Crippen LogP contribution in [0.25, 0.3) is 0 Å². The molecule has 0 bridgehead atoms. The lowest BCUT2D eigenvalue weighted by molar-refractivity contribution is 0.281. The second-order valence-corrected chi connectivity index (χ2v) is 4.41. The Labute approximate surface area is 107 Å². The number of nitrogens with zero attached hydrogens (tertiary/aromatic N) is 2. The second-order valence-electron chi connectivity index (χ2n) is 4.00. The highest BCUT2D eigenvalue weighted by Crippen LogP contribution is 2.29. The van der Waals surface area contributed by atoms with E-state index in [-0.39, 0.29) is 5.56 Å². The largest absolute Gasteiger partial charge is 0.287 e. The molecule has 0 fully saturated rings. The summed E-state index contributed by atoms with van der Waals surface area (Å²) in [6.45, 7) is 2.82. The minimum absolute atomic E-state index is 0.273. The number of benzene rings is 1. The van der Waals surface area contributed by atoms with E-state index in [0.717, 1.165) is 19.4 Å². The van der Waals surface area contributed by atoms with Crippen LogP contribution >= 0.6 is 11.6 Å². The first kappa shape index (κ1) is 14.0. The van der Waals surface area contributed by atoms with Gasteiger partial charge in [0, 0.05) is 10.6 Å². The van der Waals surface area contributed by atoms with E-state index < -0.39 is 11.9 Å². The predicted octanol–water partition coefficient (Wildman–Crippen LogP) is 3.78. The van der Waals surface area contributed by atoms with Gasteiger partial charge in [0.05, 0.1) is 6.07 Å². The van der Waals surface area contributed by atoms with Crippen LogP contribution in [0.3, 0.4) is 0 Å². The molecule has 0 amide bonds. The Morgan fingerprint density at radius 2 is 2.24 bits per heavy atom. The molecule has 0 aliphatic heterocycles. The van der Waals surface area contributed by atoms with E-state index in [4.69, 9.17) is 11.6 Å². The van der Waals surface area contributed by atoms with Crippen LogP contribution in [-0.4, -0.2) is 18.5 Å². The fourth-order valence-corrected chi connectivity index (χ4v) is 1.96. The number of halogens is 2. The molecule has 4 heteroatoms. The average molecular weight is 255 g/mol. The first-order valence-electron chi connectivity index (χ1n) is 5.65. The van der Waals surface area contributed by atoms with Crippen molar-refractivity contribution in [2.24, 2.45) is 0 Å². The molecule has 1 aromatic carbocycles. The molecule has 0 heterocycles. The molecule has 0 saturated carbocycles. The number of nitriles is 1. The summed E-state index contributed by atoms with van der Waals surface area (Å²) in [5.74, 6) is -0.424. The number of rotatable bonds is 5. The molecule has 1 unspecified atom stereocenters. The maximum absolute atomic E-state index is 13.7. The van der Waals surface area contributed by atoms with Crippen molar-refractivity contribution in [2.45, 2.75) is 25.8 Å². The molecule has 92 valence electrons. The van der Waals surface area contributed by atoms with Gasteiger partial charge in [-0.15, -0.1) is 0 Å². The van der Waals surface area contributed by atoms with Gasteiger partial charge in [-0.1, -0.05) is 31.0 Å². The summed E-state index contributed by atoms with van der Waals surface area (Å²) >= 11 is 5.96. The van der Waals surface area contributed by atoms with Crippen molar-refractivity contribution in [3.8, 4) is 6.07 Å². The molecule has 1 aromatic rings. The molecule has 2 nitrogen and oxygen atoms in total. The van der Waals surface area contributed by atoms with Gasteiger partial charge in [0.1, 0.15) is 11.9 Å². The fourth-order valence-electron chi connectivity index (χ4n) is 1.69. The van der Waals surface area contributed by atoms with E-state index in [0.29, 0.717) is 5.02 Å². The summed E-state index contributed by atoms with van der Waals surface area (Å²) in [6.07, 6.45) is 2.01. The lowest BCUT2D eigenvalue weighted by Crippen LogP contribution is -2.25. The lowest BCUT2D eigenvalue weighted by Gasteiger charge is -2.23. The number of unbranched alkanes of at least 4 members (excludes halogenated alkanes) is 1. The minimum atomic E-state index is -0.629. The highest BCUT2D eigenvalue weighted by molar-refractivity contribution is 6.31. The van der Waals surface area contributed by atoms with Gasteiger partial charge < -0.3 is 0 Å². The highest BCUT2D eigenvalue weighted by atomic mass is 35.5. The molecule has 0 saturated heterocycles. The summed E-state index contributed by atoms with van der Waals surface area (Å²) < 4.78 is 13.7. The maximum Gasteiger partial charge on any atom is 0.130 e. The van der Waals surface area contributed by atoms with Gasteiger partial charge in [0.2, 0.25) is 0 Å². The van der Waals surface area contributed by atoms with Crippen LogP contribution < -0.4 is 0 Å². The van der Waals surface area contributed by atoms with E-state index in [1.807, 2.05) is 11.9 Å². The van der Waals surface area contributed by atoms with Gasteiger partial charge in [0.25, 0.3) is 0 Å². The Morgan fingerprint density at radius 3 is 2.76 bits per heavy atom. The van der Waals surface area contributed by atoms with Crippen molar-refractivity contribution in [1.29, 1.82) is 5.26 Å². The predicted molar refractivity (Wildman–Crippen MR) is 67.3 cm³/mol. The van der Waals surface area contributed by atoms with Crippen LogP contribution in [0.15, 0.2) is 18.2 Å². The summed E-state index contributed by atoms with van der Waals surface area (Å²) in [5, 5.41) is 9.49. The number of hydrogen-bond acceptors (Lipinski definition) is 2. The maximum atomic E-state index is 13.7. The molecular formula is C13H16ClFN2. The Bertz CT molecular complexity index is 394. The van der Waals surface area contributed by atoms with E-state index in [1.165, 1.54) is 6.07 Å². The third kappa shape index (κ3) is 3.42. The topological polar surface area (TPSA) is 27.0 Å². The quantitative estimate of drug-likeness (QED) is 0.800. The normalized spacial score (nSPS) is 12.5. The fraction of sp³-hybridized carbons (Fsp3) is 0.462.